The summed E-state index contributed by atoms with van der Waals surface area (Å²) in [7, 11) is 1.17. The molecule has 0 aliphatic carbocycles. The van der Waals surface area contributed by atoms with Crippen LogP contribution in [0.1, 0.15) is 187 Å². The van der Waals surface area contributed by atoms with Gasteiger partial charge in [0, 0.05) is 12.8 Å². The molecule has 0 bridgehead atoms. The van der Waals surface area contributed by atoms with Gasteiger partial charge in [0.2, 0.25) is 0 Å². The predicted octanol–water partition coefficient (Wildman–Crippen LogP) is 10.8. The van der Waals surface area contributed by atoms with E-state index in [0.717, 1.165) is 44.9 Å². The fourth-order valence-corrected chi connectivity index (χ4v) is 6.44. The largest absolute Gasteiger partial charge is 0.756 e. The highest BCUT2D eigenvalue weighted by atomic mass is 31.2. The number of esters is 2. The molecule has 0 aromatic rings. The molecule has 2 atom stereocenters. The summed E-state index contributed by atoms with van der Waals surface area (Å²) >= 11 is 0. The number of phosphoric acid groups is 1. The second-order valence-electron chi connectivity index (χ2n) is 15.4. The van der Waals surface area contributed by atoms with E-state index in [1.807, 2.05) is 21.1 Å². The van der Waals surface area contributed by atoms with Gasteiger partial charge in [0.05, 0.1) is 27.7 Å². The molecule has 9 nitrogen and oxygen atoms in total. The molecule has 51 heavy (non-hydrogen) atoms. The average molecular weight is 746 g/mol. The minimum absolute atomic E-state index is 0.0285. The maximum Gasteiger partial charge on any atom is 0.306 e. The molecule has 0 aliphatic heterocycles. The van der Waals surface area contributed by atoms with E-state index >= 15 is 0 Å². The SMILES string of the molecule is CCCCCC/C=C/CCCCCCCCCC(=O)OC[C@H](COP(=O)([O-])OCC[N+](C)(C)C)OC(=O)CCCCCCCCCCCCCC. The standard InChI is InChI=1S/C41H80NO8P/c1-6-8-10-12-14-16-18-20-21-22-24-25-27-29-31-33-40(43)47-37-39(38-49-51(45,46)48-36-35-42(3,4)5)50-41(44)34-32-30-28-26-23-19-17-15-13-11-9-7-2/h16,18,39H,6-15,17,19-38H2,1-5H3/b18-16+/t39-/m1/s1. The molecular weight excluding hydrogens is 665 g/mol. The molecule has 0 radical (unpaired) electrons. The van der Waals surface area contributed by atoms with Crippen molar-refractivity contribution in [3.05, 3.63) is 12.2 Å². The third kappa shape index (κ3) is 38.3. The van der Waals surface area contributed by atoms with Crippen LogP contribution >= 0.6 is 7.82 Å². The number of quaternary nitrogens is 1. The zero-order chi connectivity index (χ0) is 37.9. The Morgan fingerprint density at radius 2 is 1.00 bits per heavy atom. The van der Waals surface area contributed by atoms with Gasteiger partial charge in [-0.2, -0.15) is 0 Å². The van der Waals surface area contributed by atoms with E-state index in [4.69, 9.17) is 18.5 Å². The number of likely N-dealkylation sites (N-methyl/N-ethyl adjacent to an activating group) is 1. The lowest BCUT2D eigenvalue weighted by Gasteiger charge is -2.28. The Morgan fingerprint density at radius 3 is 1.47 bits per heavy atom. The number of hydrogen-bond acceptors (Lipinski definition) is 8. The number of unbranched alkanes of at least 4 members (excludes halogenated alkanes) is 22. The molecule has 302 valence electrons. The van der Waals surface area contributed by atoms with Crippen LogP contribution in [0.15, 0.2) is 12.2 Å². The monoisotopic (exact) mass is 746 g/mol. The van der Waals surface area contributed by atoms with Crippen molar-refractivity contribution in [1.82, 2.24) is 0 Å². The molecule has 10 heteroatoms. The van der Waals surface area contributed by atoms with Gasteiger partial charge in [-0.05, 0) is 38.5 Å². The smallest absolute Gasteiger partial charge is 0.306 e. The average Bonchev–Trinajstić information content (AvgIpc) is 3.07. The van der Waals surface area contributed by atoms with Crippen LogP contribution in [-0.4, -0.2) is 70.0 Å². The number of carbonyl (C=O) groups excluding carboxylic acids is 2. The molecule has 0 amide bonds. The Bertz CT molecular complexity index is 891. The first-order chi connectivity index (χ1) is 24.5. The fourth-order valence-electron chi connectivity index (χ4n) is 5.71. The summed E-state index contributed by atoms with van der Waals surface area (Å²) in [6.45, 7) is 4.21. The van der Waals surface area contributed by atoms with Gasteiger partial charge in [-0.1, -0.05) is 148 Å². The van der Waals surface area contributed by atoms with E-state index in [2.05, 4.69) is 26.0 Å². The van der Waals surface area contributed by atoms with Gasteiger partial charge in [-0.3, -0.25) is 14.2 Å². The Balaban J connectivity index is 4.37. The number of ether oxygens (including phenoxy) is 2. The minimum Gasteiger partial charge on any atom is -0.756 e. The quantitative estimate of drug-likeness (QED) is 0.0202. The van der Waals surface area contributed by atoms with Crippen molar-refractivity contribution >= 4 is 19.8 Å². The Kier molecular flexibility index (Phi) is 33.7. The van der Waals surface area contributed by atoms with E-state index in [1.165, 1.54) is 109 Å². The second-order valence-corrected chi connectivity index (χ2v) is 16.8. The number of carbonyl (C=O) groups is 2. The Labute approximate surface area is 314 Å². The van der Waals surface area contributed by atoms with Gasteiger partial charge in [0.15, 0.2) is 6.10 Å². The van der Waals surface area contributed by atoms with Gasteiger partial charge >= 0.3 is 11.9 Å². The minimum atomic E-state index is -4.61. The summed E-state index contributed by atoms with van der Waals surface area (Å²) < 4.78 is 33.8. The lowest BCUT2D eigenvalue weighted by atomic mass is 10.0. The zero-order valence-electron chi connectivity index (χ0n) is 33.8. The molecule has 0 aliphatic rings. The Morgan fingerprint density at radius 1 is 0.588 bits per heavy atom. The van der Waals surface area contributed by atoms with E-state index in [0.29, 0.717) is 17.4 Å². The number of nitrogens with zero attached hydrogens (tertiary/aromatic N) is 1. The second kappa shape index (κ2) is 34.5. The van der Waals surface area contributed by atoms with Crippen LogP contribution in [0.3, 0.4) is 0 Å². The van der Waals surface area contributed by atoms with Crippen molar-refractivity contribution in [2.45, 2.75) is 193 Å². The van der Waals surface area contributed by atoms with Crippen molar-refractivity contribution in [1.29, 1.82) is 0 Å². The normalized spacial score (nSPS) is 13.8. The van der Waals surface area contributed by atoms with Crippen LogP contribution in [0.25, 0.3) is 0 Å². The number of rotatable bonds is 38. The van der Waals surface area contributed by atoms with Gasteiger partial charge in [-0.15, -0.1) is 0 Å². The van der Waals surface area contributed by atoms with E-state index in [1.54, 1.807) is 0 Å². The van der Waals surface area contributed by atoms with Gasteiger partial charge in [-0.25, -0.2) is 0 Å². The highest BCUT2D eigenvalue weighted by molar-refractivity contribution is 7.45. The van der Waals surface area contributed by atoms with Crippen molar-refractivity contribution in [2.24, 2.45) is 0 Å². The molecular formula is C41H80NO8P. The van der Waals surface area contributed by atoms with Crippen molar-refractivity contribution in [3.8, 4) is 0 Å². The van der Waals surface area contributed by atoms with Crippen LogP contribution in [0.5, 0.6) is 0 Å². The molecule has 0 spiro atoms. The lowest BCUT2D eigenvalue weighted by Crippen LogP contribution is -2.37. The highest BCUT2D eigenvalue weighted by Gasteiger charge is 2.21. The number of allylic oxidation sites excluding steroid dienone is 2. The fraction of sp³-hybridized carbons (Fsp3) is 0.902. The van der Waals surface area contributed by atoms with Crippen LogP contribution in [0.2, 0.25) is 0 Å². The molecule has 0 heterocycles. The van der Waals surface area contributed by atoms with Gasteiger partial charge < -0.3 is 27.9 Å². The molecule has 0 N–H and O–H groups in total. The van der Waals surface area contributed by atoms with E-state index in [9.17, 15) is 19.0 Å². The molecule has 0 aromatic heterocycles. The third-order valence-electron chi connectivity index (χ3n) is 9.04. The van der Waals surface area contributed by atoms with Crippen LogP contribution in [-0.2, 0) is 32.7 Å². The van der Waals surface area contributed by atoms with Crippen molar-refractivity contribution < 1.29 is 42.1 Å². The van der Waals surface area contributed by atoms with E-state index in [-0.39, 0.29) is 32.0 Å². The summed E-state index contributed by atoms with van der Waals surface area (Å²) in [4.78, 5) is 37.4. The van der Waals surface area contributed by atoms with Gasteiger partial charge in [0.1, 0.15) is 19.8 Å². The molecule has 1 unspecified atom stereocenters. The number of hydrogen-bond donors (Lipinski definition) is 0. The number of phosphoric ester groups is 1. The molecule has 0 aromatic carbocycles. The molecule has 0 saturated heterocycles. The van der Waals surface area contributed by atoms with Gasteiger partial charge in [0.25, 0.3) is 7.82 Å². The maximum absolute atomic E-state index is 12.6. The van der Waals surface area contributed by atoms with Crippen LogP contribution in [0, 0.1) is 0 Å². The van der Waals surface area contributed by atoms with Crippen LogP contribution < -0.4 is 4.89 Å². The lowest BCUT2D eigenvalue weighted by molar-refractivity contribution is -0.870. The molecule has 0 fully saturated rings. The summed E-state index contributed by atoms with van der Waals surface area (Å²) in [5.41, 5.74) is 0. The maximum atomic E-state index is 12.6. The Hall–Kier alpha value is -1.25. The topological polar surface area (TPSA) is 111 Å². The predicted molar refractivity (Wildman–Crippen MR) is 208 cm³/mol. The highest BCUT2D eigenvalue weighted by Crippen LogP contribution is 2.38. The first-order valence-electron chi connectivity index (χ1n) is 20.9. The molecule has 0 saturated carbocycles. The third-order valence-corrected chi connectivity index (χ3v) is 10.00. The summed E-state index contributed by atoms with van der Waals surface area (Å²) in [5.74, 6) is -0.833. The molecule has 0 rings (SSSR count). The zero-order valence-corrected chi connectivity index (χ0v) is 34.7. The summed E-state index contributed by atoms with van der Waals surface area (Å²) in [5, 5.41) is 0. The summed E-state index contributed by atoms with van der Waals surface area (Å²) in [6, 6.07) is 0. The first-order valence-corrected chi connectivity index (χ1v) is 22.4. The van der Waals surface area contributed by atoms with E-state index < -0.39 is 26.5 Å². The first kappa shape index (κ1) is 49.8. The van der Waals surface area contributed by atoms with Crippen molar-refractivity contribution in [2.75, 3.05) is 47.5 Å². The summed E-state index contributed by atoms with van der Waals surface area (Å²) in [6.07, 6.45) is 33.7. The van der Waals surface area contributed by atoms with Crippen LogP contribution in [0.4, 0.5) is 0 Å². The van der Waals surface area contributed by atoms with Crippen molar-refractivity contribution in [3.63, 3.8) is 0 Å².